The van der Waals surface area contributed by atoms with Gasteiger partial charge in [-0.25, -0.2) is 13.8 Å². The van der Waals surface area contributed by atoms with Gasteiger partial charge in [0.1, 0.15) is 26.3 Å². The van der Waals surface area contributed by atoms with Crippen LogP contribution < -0.4 is 11.2 Å². The molecule has 0 unspecified atom stereocenters. The van der Waals surface area contributed by atoms with E-state index in [-0.39, 0.29) is 0 Å². The summed E-state index contributed by atoms with van der Waals surface area (Å²) in [5.41, 5.74) is -3.92. The lowest BCUT2D eigenvalue weighted by Crippen LogP contribution is -2.56. The molecule has 1 aliphatic heterocycles. The van der Waals surface area contributed by atoms with Crippen LogP contribution in [0.25, 0.3) is 0 Å². The van der Waals surface area contributed by atoms with Crippen molar-refractivity contribution in [2.24, 2.45) is 0 Å². The smallest absolute Gasteiger partial charge is 0.389 e. The number of phosphoric acid groups is 1. The zero-order valence-corrected chi connectivity index (χ0v) is 15.0. The molecule has 0 aliphatic carbocycles. The number of nitrogens with one attached hydrogen (secondary N) is 1. The van der Waals surface area contributed by atoms with Gasteiger partial charge in [0.25, 0.3) is 5.56 Å². The van der Waals surface area contributed by atoms with Crippen LogP contribution in [0.4, 0.5) is 4.39 Å². The Kier molecular flexibility index (Phi) is 4.98. The lowest BCUT2D eigenvalue weighted by atomic mass is 9.60. The summed E-state index contributed by atoms with van der Waals surface area (Å²) in [7, 11) is -1.88. The molecule has 1 aromatic rings. The first kappa shape index (κ1) is 20.4. The Labute approximate surface area is 147 Å². The van der Waals surface area contributed by atoms with Gasteiger partial charge in [-0.2, -0.15) is 0 Å². The number of halogens is 2. The van der Waals surface area contributed by atoms with Crippen molar-refractivity contribution >= 4 is 43.0 Å². The SMILES string of the molecule is BC(B)(OP(=O)(O)O)[C@]1(F)C[C@@H](O)[C@](B)(n2cc(Cl)c(=O)[nH]c2=O)O1. The molecular formula is C9H14B3ClFN2O8P. The molecule has 0 spiro atoms. The van der Waals surface area contributed by atoms with Crippen molar-refractivity contribution in [3.63, 3.8) is 0 Å². The van der Waals surface area contributed by atoms with Gasteiger partial charge in [0.15, 0.2) is 7.85 Å². The first-order valence-electron chi connectivity index (χ1n) is 6.97. The van der Waals surface area contributed by atoms with Crippen LogP contribution in [0.5, 0.6) is 0 Å². The molecule has 3 atom stereocenters. The average Bonchev–Trinajstić information content (AvgIpc) is 2.63. The van der Waals surface area contributed by atoms with E-state index < -0.39 is 53.5 Å². The Morgan fingerprint density at radius 1 is 1.52 bits per heavy atom. The van der Waals surface area contributed by atoms with Crippen LogP contribution in [0.3, 0.4) is 0 Å². The zero-order chi connectivity index (χ0) is 19.4. The quantitative estimate of drug-likeness (QED) is 0.296. The third kappa shape index (κ3) is 3.66. The van der Waals surface area contributed by atoms with Gasteiger partial charge < -0.3 is 19.6 Å². The molecule has 2 rings (SSSR count). The second-order valence-electron chi connectivity index (χ2n) is 6.30. The molecule has 136 valence electrons. The number of nitrogens with zero attached hydrogens (tertiary/aromatic N) is 1. The van der Waals surface area contributed by atoms with Crippen molar-refractivity contribution in [1.82, 2.24) is 9.55 Å². The third-order valence-electron chi connectivity index (χ3n) is 4.07. The highest BCUT2D eigenvalue weighted by Crippen LogP contribution is 2.50. The van der Waals surface area contributed by atoms with Gasteiger partial charge in [0.05, 0.1) is 11.5 Å². The molecule has 1 saturated heterocycles. The predicted octanol–water partition coefficient (Wildman–Crippen LogP) is -4.09. The van der Waals surface area contributed by atoms with Crippen LogP contribution in [0.2, 0.25) is 5.02 Å². The maximum atomic E-state index is 15.3. The monoisotopic (exact) mass is 396 g/mol. The Morgan fingerprint density at radius 2 is 2.08 bits per heavy atom. The Balaban J connectivity index is 2.50. The minimum absolute atomic E-state index is 0.404. The lowest BCUT2D eigenvalue weighted by molar-refractivity contribution is -0.219. The van der Waals surface area contributed by atoms with Crippen LogP contribution in [0, 0.1) is 0 Å². The second kappa shape index (κ2) is 6.09. The van der Waals surface area contributed by atoms with Crippen molar-refractivity contribution < 1.29 is 33.1 Å². The number of aliphatic hydroxyl groups is 1. The summed E-state index contributed by atoms with van der Waals surface area (Å²) in [6.45, 7) is 0. The van der Waals surface area contributed by atoms with Crippen LogP contribution >= 0.6 is 19.4 Å². The molecule has 0 amide bonds. The maximum absolute atomic E-state index is 15.3. The molecule has 0 aromatic carbocycles. The van der Waals surface area contributed by atoms with Gasteiger partial charge in [0, 0.05) is 12.6 Å². The van der Waals surface area contributed by atoms with Crippen LogP contribution in [-0.2, 0) is 19.4 Å². The summed E-state index contributed by atoms with van der Waals surface area (Å²) in [6, 6.07) is 0. The highest BCUT2D eigenvalue weighted by molar-refractivity contribution is 7.46. The van der Waals surface area contributed by atoms with Crippen molar-refractivity contribution in [2.75, 3.05) is 0 Å². The van der Waals surface area contributed by atoms with E-state index in [1.807, 2.05) is 4.98 Å². The number of H-pyrrole nitrogens is 1. The van der Waals surface area contributed by atoms with Crippen LogP contribution in [0.15, 0.2) is 15.8 Å². The highest BCUT2D eigenvalue weighted by Gasteiger charge is 2.63. The highest BCUT2D eigenvalue weighted by atomic mass is 35.5. The number of aromatic nitrogens is 2. The zero-order valence-electron chi connectivity index (χ0n) is 13.4. The average molecular weight is 396 g/mol. The largest absolute Gasteiger partial charge is 0.468 e. The molecule has 0 radical (unpaired) electrons. The molecule has 1 aliphatic rings. The molecule has 4 N–H and O–H groups in total. The number of hydrogen-bond acceptors (Lipinski definition) is 6. The fourth-order valence-corrected chi connectivity index (χ4v) is 3.47. The predicted molar refractivity (Wildman–Crippen MR) is 91.3 cm³/mol. The van der Waals surface area contributed by atoms with Gasteiger partial charge in [-0.3, -0.25) is 18.9 Å². The van der Waals surface area contributed by atoms with E-state index in [2.05, 4.69) is 4.52 Å². The summed E-state index contributed by atoms with van der Waals surface area (Å²) < 4.78 is 36.7. The molecule has 1 aromatic heterocycles. The van der Waals surface area contributed by atoms with E-state index in [0.717, 1.165) is 29.7 Å². The number of aliphatic hydroxyl groups excluding tert-OH is 1. The fraction of sp³-hybridized carbons (Fsp3) is 0.556. The molecular weight excluding hydrogens is 382 g/mol. The van der Waals surface area contributed by atoms with Crippen molar-refractivity contribution in [3.8, 4) is 0 Å². The van der Waals surface area contributed by atoms with E-state index in [4.69, 9.17) is 26.1 Å². The molecule has 0 saturated carbocycles. The summed E-state index contributed by atoms with van der Waals surface area (Å²) in [4.78, 5) is 43.1. The Hall–Kier alpha value is -0.875. The molecule has 10 nitrogen and oxygen atoms in total. The van der Waals surface area contributed by atoms with Gasteiger partial charge in [-0.05, 0) is 0 Å². The summed E-state index contributed by atoms with van der Waals surface area (Å²) in [5, 5.41) is 7.69. The second-order valence-corrected chi connectivity index (χ2v) is 7.87. The van der Waals surface area contributed by atoms with Crippen molar-refractivity contribution in [1.29, 1.82) is 0 Å². The van der Waals surface area contributed by atoms with Crippen LogP contribution in [-0.4, -0.2) is 65.3 Å². The van der Waals surface area contributed by atoms with E-state index in [0.29, 0.717) is 4.57 Å². The third-order valence-corrected chi connectivity index (χ3v) is 5.03. The lowest BCUT2D eigenvalue weighted by Gasteiger charge is -2.39. The topological polar surface area (TPSA) is 151 Å². The minimum Gasteiger partial charge on any atom is -0.389 e. The van der Waals surface area contributed by atoms with Gasteiger partial charge in [-0.1, -0.05) is 11.6 Å². The number of aromatic amines is 1. The summed E-state index contributed by atoms with van der Waals surface area (Å²) in [5.74, 6) is -2.87. The number of rotatable bonds is 4. The van der Waals surface area contributed by atoms with E-state index in [1.54, 1.807) is 0 Å². The normalized spacial score (nSPS) is 30.5. The summed E-state index contributed by atoms with van der Waals surface area (Å²) >= 11 is 5.66. The molecule has 1 fully saturated rings. The maximum Gasteiger partial charge on any atom is 0.468 e. The van der Waals surface area contributed by atoms with Crippen LogP contribution in [0.1, 0.15) is 6.42 Å². The fourth-order valence-electron chi connectivity index (χ4n) is 2.60. The first-order chi connectivity index (χ1) is 11.1. The van der Waals surface area contributed by atoms with E-state index >= 15 is 4.39 Å². The first-order valence-corrected chi connectivity index (χ1v) is 8.87. The van der Waals surface area contributed by atoms with Gasteiger partial charge in [0.2, 0.25) is 5.85 Å². The van der Waals surface area contributed by atoms with Crippen molar-refractivity contribution in [3.05, 3.63) is 32.1 Å². The molecule has 16 heteroatoms. The Bertz CT molecular complexity index is 860. The number of ether oxygens (including phenoxy) is 1. The van der Waals surface area contributed by atoms with Gasteiger partial charge in [-0.15, -0.1) is 0 Å². The standard InChI is InChI=1S/C9H14B3ClFN2O8P/c10-8(16-2-3(13)5(18)15-6(16)19)4(17)1-7(14,23-8)9(11,12)24-25(20,21)22/h2,4,17H,1,10-12H2,(H,15,18,19)(H2,20,21,22)/t4-,7+,8+/m1/s1. The number of phosphoric ester groups is 1. The number of hydrogen-bond donors (Lipinski definition) is 4. The summed E-state index contributed by atoms with van der Waals surface area (Å²) in [6.07, 6.45) is -1.52. The molecule has 0 bridgehead atoms. The molecule has 25 heavy (non-hydrogen) atoms. The van der Waals surface area contributed by atoms with Gasteiger partial charge >= 0.3 is 13.5 Å². The number of alkyl halides is 1. The minimum atomic E-state index is -5.08. The van der Waals surface area contributed by atoms with E-state index in [1.165, 1.54) is 0 Å². The Morgan fingerprint density at radius 3 is 2.60 bits per heavy atom. The van der Waals surface area contributed by atoms with Crippen molar-refractivity contribution in [2.45, 2.75) is 29.4 Å². The van der Waals surface area contributed by atoms with E-state index in [9.17, 15) is 19.3 Å². The molecule has 2 heterocycles.